The van der Waals surface area contributed by atoms with Gasteiger partial charge >= 0.3 is 5.69 Å². The number of hydrogen-bond donors (Lipinski definition) is 0. The molecule has 0 atom stereocenters. The molecule has 18 heavy (non-hydrogen) atoms. The molecule has 0 aliphatic rings. The van der Waals surface area contributed by atoms with E-state index in [9.17, 15) is 9.59 Å². The van der Waals surface area contributed by atoms with Crippen molar-refractivity contribution in [3.8, 4) is 0 Å². The summed E-state index contributed by atoms with van der Waals surface area (Å²) in [5, 5.41) is 3.32. The fraction of sp³-hybridized carbons (Fsp3) is 0.444. The number of fused-ring (bicyclic) bond motifs is 1. The molecule has 0 radical (unpaired) electrons. The molecule has 2 rings (SSSR count). The minimum absolute atomic E-state index is 0.0506. The van der Waals surface area contributed by atoms with E-state index in [1.54, 1.807) is 18.7 Å². The number of aryl methyl sites for hydroxylation is 2. The van der Waals surface area contributed by atoms with Gasteiger partial charge < -0.3 is 4.57 Å². The first-order valence-electron chi connectivity index (χ1n) is 5.19. The first-order chi connectivity index (χ1) is 8.57. The van der Waals surface area contributed by atoms with Crippen LogP contribution in [0.5, 0.6) is 0 Å². The Morgan fingerprint density at radius 2 is 2.17 bits per heavy atom. The second kappa shape index (κ2) is 4.38. The second-order valence-electron chi connectivity index (χ2n) is 3.78. The van der Waals surface area contributed by atoms with E-state index in [0.717, 1.165) is 4.57 Å². The summed E-state index contributed by atoms with van der Waals surface area (Å²) in [4.78, 5) is 30.7. The van der Waals surface area contributed by atoms with Crippen LogP contribution in [0.4, 0.5) is 0 Å². The predicted molar refractivity (Wildman–Crippen MR) is 64.2 cm³/mol. The lowest BCUT2D eigenvalue weighted by atomic mass is 10.5. The zero-order valence-electron chi connectivity index (χ0n) is 9.94. The molecule has 0 aromatic carbocycles. The van der Waals surface area contributed by atoms with Crippen LogP contribution in [0.1, 0.15) is 0 Å². The van der Waals surface area contributed by atoms with E-state index in [1.807, 2.05) is 0 Å². The largest absolute Gasteiger partial charge is 0.332 e. The molecule has 0 unspecified atom stereocenters. The lowest BCUT2D eigenvalue weighted by molar-refractivity contribution is 0.608. The van der Waals surface area contributed by atoms with Gasteiger partial charge in [0.2, 0.25) is 0 Å². The zero-order chi connectivity index (χ0) is 13.3. The third kappa shape index (κ3) is 1.66. The smallest absolute Gasteiger partial charge is 0.328 e. The van der Waals surface area contributed by atoms with Crippen LogP contribution in [0.3, 0.4) is 0 Å². The second-order valence-corrected chi connectivity index (χ2v) is 3.78. The Hall–Kier alpha value is -2.54. The standard InChI is InChI=1S/C9H11N7O2/c1-14-5-11-7-6(14)8(17)16(4-3-12-13-10)9(18)15(7)2/h5H,3-4H2,1-2H3. The predicted octanol–water partition coefficient (Wildman–Crippen LogP) is -0.256. The Labute approximate surface area is 101 Å². The molecule has 0 N–H and O–H groups in total. The minimum Gasteiger partial charge on any atom is -0.328 e. The van der Waals surface area contributed by atoms with Crippen molar-refractivity contribution in [2.75, 3.05) is 6.54 Å². The third-order valence-corrected chi connectivity index (χ3v) is 2.69. The van der Waals surface area contributed by atoms with E-state index < -0.39 is 11.2 Å². The van der Waals surface area contributed by atoms with Crippen LogP contribution in [0, 0.1) is 0 Å². The molecule has 0 saturated heterocycles. The van der Waals surface area contributed by atoms with E-state index in [2.05, 4.69) is 15.0 Å². The molecular weight excluding hydrogens is 238 g/mol. The van der Waals surface area contributed by atoms with Crippen molar-refractivity contribution in [1.82, 2.24) is 18.7 Å². The van der Waals surface area contributed by atoms with Gasteiger partial charge in [-0.1, -0.05) is 5.11 Å². The highest BCUT2D eigenvalue weighted by atomic mass is 16.2. The van der Waals surface area contributed by atoms with Gasteiger partial charge in [0.25, 0.3) is 5.56 Å². The highest BCUT2D eigenvalue weighted by Crippen LogP contribution is 2.02. The Kier molecular flexibility index (Phi) is 2.90. The molecule has 9 nitrogen and oxygen atoms in total. The summed E-state index contributed by atoms with van der Waals surface area (Å²) in [6.45, 7) is 0.103. The van der Waals surface area contributed by atoms with Gasteiger partial charge in [-0.15, -0.1) is 0 Å². The first-order valence-corrected chi connectivity index (χ1v) is 5.19. The number of hydrogen-bond acceptors (Lipinski definition) is 4. The highest BCUT2D eigenvalue weighted by Gasteiger charge is 2.13. The molecule has 0 aliphatic heterocycles. The number of nitrogens with zero attached hydrogens (tertiary/aromatic N) is 7. The molecule has 9 heteroatoms. The van der Waals surface area contributed by atoms with Crippen molar-refractivity contribution in [2.24, 2.45) is 19.2 Å². The van der Waals surface area contributed by atoms with Crippen LogP contribution in [0.2, 0.25) is 0 Å². The van der Waals surface area contributed by atoms with E-state index in [1.165, 1.54) is 10.9 Å². The fourth-order valence-corrected chi connectivity index (χ4v) is 1.78. The summed E-state index contributed by atoms with van der Waals surface area (Å²) in [5.41, 5.74) is 7.98. The topological polar surface area (TPSA) is 111 Å². The van der Waals surface area contributed by atoms with Crippen molar-refractivity contribution in [1.29, 1.82) is 0 Å². The van der Waals surface area contributed by atoms with Crippen LogP contribution in [-0.4, -0.2) is 25.2 Å². The Bertz CT molecular complexity index is 760. The van der Waals surface area contributed by atoms with Crippen molar-refractivity contribution in [3.05, 3.63) is 37.6 Å². The molecule has 0 bridgehead atoms. The summed E-state index contributed by atoms with van der Waals surface area (Å²) >= 11 is 0. The molecule has 0 fully saturated rings. The van der Waals surface area contributed by atoms with Gasteiger partial charge in [-0.2, -0.15) is 0 Å². The Morgan fingerprint density at radius 3 is 2.83 bits per heavy atom. The van der Waals surface area contributed by atoms with E-state index >= 15 is 0 Å². The fourth-order valence-electron chi connectivity index (χ4n) is 1.78. The quantitative estimate of drug-likeness (QED) is 0.424. The molecule has 94 valence electrons. The van der Waals surface area contributed by atoms with Gasteiger partial charge in [0.1, 0.15) is 0 Å². The molecule has 2 aromatic heterocycles. The van der Waals surface area contributed by atoms with Crippen LogP contribution >= 0.6 is 0 Å². The average Bonchev–Trinajstić information content (AvgIpc) is 2.73. The van der Waals surface area contributed by atoms with Crippen LogP contribution in [0.25, 0.3) is 21.6 Å². The number of azide groups is 1. The average molecular weight is 249 g/mol. The maximum Gasteiger partial charge on any atom is 0.332 e. The van der Waals surface area contributed by atoms with Gasteiger partial charge in [0.05, 0.1) is 6.33 Å². The van der Waals surface area contributed by atoms with Crippen LogP contribution in [0.15, 0.2) is 21.0 Å². The number of imidazole rings is 1. The molecular formula is C9H11N7O2. The van der Waals surface area contributed by atoms with Crippen LogP contribution < -0.4 is 11.2 Å². The van der Waals surface area contributed by atoms with Gasteiger partial charge in [-0.3, -0.25) is 13.9 Å². The maximum absolute atomic E-state index is 12.1. The molecule has 0 spiro atoms. The van der Waals surface area contributed by atoms with E-state index in [4.69, 9.17) is 5.53 Å². The van der Waals surface area contributed by atoms with Crippen molar-refractivity contribution in [2.45, 2.75) is 6.54 Å². The zero-order valence-corrected chi connectivity index (χ0v) is 9.94. The molecule has 0 saturated carbocycles. The summed E-state index contributed by atoms with van der Waals surface area (Å²) in [6, 6.07) is 0. The van der Waals surface area contributed by atoms with Crippen molar-refractivity contribution < 1.29 is 0 Å². The summed E-state index contributed by atoms with van der Waals surface area (Å²) < 4.78 is 3.90. The van der Waals surface area contributed by atoms with Gasteiger partial charge in [0.15, 0.2) is 11.2 Å². The lowest BCUT2D eigenvalue weighted by Gasteiger charge is -2.06. The van der Waals surface area contributed by atoms with Gasteiger partial charge in [-0.05, 0) is 5.53 Å². The van der Waals surface area contributed by atoms with Crippen molar-refractivity contribution >= 4 is 11.2 Å². The Morgan fingerprint density at radius 1 is 1.44 bits per heavy atom. The Balaban J connectivity index is 2.73. The summed E-state index contributed by atoms with van der Waals surface area (Å²) in [6.07, 6.45) is 1.48. The summed E-state index contributed by atoms with van der Waals surface area (Å²) in [5.74, 6) is 0. The van der Waals surface area contributed by atoms with E-state index in [0.29, 0.717) is 11.2 Å². The lowest BCUT2D eigenvalue weighted by Crippen LogP contribution is -2.40. The monoisotopic (exact) mass is 249 g/mol. The maximum atomic E-state index is 12.1. The van der Waals surface area contributed by atoms with Crippen LogP contribution in [-0.2, 0) is 20.6 Å². The molecule has 0 aliphatic carbocycles. The third-order valence-electron chi connectivity index (χ3n) is 2.69. The molecule has 2 heterocycles. The van der Waals surface area contributed by atoms with Gasteiger partial charge in [-0.25, -0.2) is 9.78 Å². The van der Waals surface area contributed by atoms with E-state index in [-0.39, 0.29) is 13.1 Å². The first kappa shape index (κ1) is 11.9. The summed E-state index contributed by atoms with van der Waals surface area (Å²) in [7, 11) is 3.22. The number of aromatic nitrogens is 4. The number of rotatable bonds is 3. The highest BCUT2D eigenvalue weighted by molar-refractivity contribution is 5.69. The van der Waals surface area contributed by atoms with Gasteiger partial charge in [0, 0.05) is 32.1 Å². The minimum atomic E-state index is -0.473. The normalized spacial score (nSPS) is 10.6. The SMILES string of the molecule is Cn1cnc2c1c(=O)n(CCN=[N+]=[N-])c(=O)n2C. The van der Waals surface area contributed by atoms with Crippen molar-refractivity contribution in [3.63, 3.8) is 0 Å². The molecule has 0 amide bonds. The molecule has 2 aromatic rings.